The summed E-state index contributed by atoms with van der Waals surface area (Å²) in [6, 6.07) is 1.39. The molecule has 0 amide bonds. The van der Waals surface area contributed by atoms with Crippen molar-refractivity contribution in [2.24, 2.45) is 5.92 Å². The van der Waals surface area contributed by atoms with Gasteiger partial charge in [0, 0.05) is 23.5 Å². The maximum absolute atomic E-state index is 13.5. The van der Waals surface area contributed by atoms with Crippen molar-refractivity contribution in [1.29, 1.82) is 0 Å². The minimum atomic E-state index is -1.63. The van der Waals surface area contributed by atoms with Crippen LogP contribution in [0, 0.1) is 23.4 Å². The van der Waals surface area contributed by atoms with Gasteiger partial charge in [-0.05, 0) is 34.9 Å². The Hall–Kier alpha value is -1.77. The molecule has 0 heterocycles. The maximum atomic E-state index is 13.5. The van der Waals surface area contributed by atoms with Crippen LogP contribution in [0.2, 0.25) is 0 Å². The van der Waals surface area contributed by atoms with Crippen molar-refractivity contribution in [3.8, 4) is 0 Å². The Labute approximate surface area is 170 Å². The van der Waals surface area contributed by atoms with Crippen LogP contribution in [0.15, 0.2) is 46.1 Å². The van der Waals surface area contributed by atoms with Crippen LogP contribution in [0.25, 0.3) is 0 Å². The largest absolute Gasteiger partial charge is 0.383 e. The Morgan fingerprint density at radius 1 is 1.25 bits per heavy atom. The molecule has 3 nitrogen and oxygen atoms in total. The predicted octanol–water partition coefficient (Wildman–Crippen LogP) is 5.33. The molecule has 152 valence electrons. The topological polar surface area (TPSA) is 54.4 Å². The Kier molecular flexibility index (Phi) is 9.78. The first-order chi connectivity index (χ1) is 13.1. The van der Waals surface area contributed by atoms with Crippen molar-refractivity contribution < 1.29 is 27.9 Å². The minimum absolute atomic E-state index is 0.203. The molecule has 0 radical (unpaired) electrons. The third-order valence-electron chi connectivity index (χ3n) is 3.54. The average molecular weight is 431 g/mol. The molecule has 0 fully saturated rings. The molecule has 2 unspecified atom stereocenters. The molecule has 0 bridgehead atoms. The van der Waals surface area contributed by atoms with E-state index < -0.39 is 41.0 Å². The van der Waals surface area contributed by atoms with Crippen molar-refractivity contribution in [1.82, 2.24) is 0 Å². The number of hydrogen-bond donors (Lipinski definition) is 1. The highest BCUT2D eigenvalue weighted by Crippen LogP contribution is 2.35. The summed E-state index contributed by atoms with van der Waals surface area (Å²) in [6.07, 6.45) is 1.69. The number of rotatable bonds is 10. The fourth-order valence-electron chi connectivity index (χ4n) is 2.12. The molecule has 0 spiro atoms. The van der Waals surface area contributed by atoms with E-state index in [0.29, 0.717) is 17.9 Å². The van der Waals surface area contributed by atoms with Gasteiger partial charge in [0.05, 0.1) is 0 Å². The normalized spacial score (nSPS) is 14.2. The number of aliphatic hydroxyl groups excluding tert-OH is 1. The van der Waals surface area contributed by atoms with Gasteiger partial charge < -0.3 is 5.11 Å². The molecule has 1 N–H and O–H groups in total. The molecule has 1 aromatic rings. The van der Waals surface area contributed by atoms with Crippen molar-refractivity contribution in [3.63, 3.8) is 0 Å². The summed E-state index contributed by atoms with van der Waals surface area (Å²) < 4.78 is 40.3. The van der Waals surface area contributed by atoms with Gasteiger partial charge in [-0.1, -0.05) is 25.7 Å². The van der Waals surface area contributed by atoms with E-state index in [1.165, 1.54) is 24.8 Å². The second-order valence-electron chi connectivity index (χ2n) is 5.89. The number of allylic oxidation sites excluding steroid dienone is 2. The first-order valence-corrected chi connectivity index (χ1v) is 10.1. The van der Waals surface area contributed by atoms with Crippen LogP contribution in [0.3, 0.4) is 0 Å². The Balaban J connectivity index is 3.19. The number of benzene rings is 1. The van der Waals surface area contributed by atoms with Crippen molar-refractivity contribution in [2.45, 2.75) is 26.9 Å². The van der Waals surface area contributed by atoms with Gasteiger partial charge in [0.1, 0.15) is 6.10 Å². The molecule has 28 heavy (non-hydrogen) atoms. The summed E-state index contributed by atoms with van der Waals surface area (Å²) in [4.78, 5) is 24.1. The summed E-state index contributed by atoms with van der Waals surface area (Å²) in [6.45, 7) is 8.33. The van der Waals surface area contributed by atoms with E-state index in [1.807, 2.05) is 18.4 Å². The van der Waals surface area contributed by atoms with Crippen LogP contribution in [0.5, 0.6) is 0 Å². The Bertz CT molecular complexity index is 796. The standard InChI is InChI=1S/C20H21F3O3S2/c1-5-6-27-12(3)10-28-17(7-11(2)19(25)13(4)24)20(26)14-8-15(21)18(23)16(22)9-14/h5-9,11,20,26H,3,10H2,1-2,4H3/b6-5-,17-7-. The van der Waals surface area contributed by atoms with Crippen molar-refractivity contribution >= 4 is 35.1 Å². The Morgan fingerprint density at radius 2 is 1.82 bits per heavy atom. The number of Topliss-reactive ketones (excluding diaryl/α,β-unsaturated/α-hetero) is 2. The van der Waals surface area contributed by atoms with Gasteiger partial charge in [-0.25, -0.2) is 13.2 Å². The van der Waals surface area contributed by atoms with Crippen LogP contribution >= 0.6 is 23.5 Å². The van der Waals surface area contributed by atoms with E-state index in [-0.39, 0.29) is 10.5 Å². The fourth-order valence-corrected chi connectivity index (χ4v) is 3.82. The molecule has 1 aromatic carbocycles. The second kappa shape index (κ2) is 11.3. The number of halogens is 3. The summed E-state index contributed by atoms with van der Waals surface area (Å²) in [5, 5.41) is 12.4. The monoisotopic (exact) mass is 430 g/mol. The number of carbonyl (C=O) groups excluding carboxylic acids is 2. The van der Waals surface area contributed by atoms with Crippen molar-refractivity contribution in [3.05, 3.63) is 69.1 Å². The third-order valence-corrected chi connectivity index (χ3v) is 5.79. The summed E-state index contributed by atoms with van der Waals surface area (Å²) in [7, 11) is 0. The average Bonchev–Trinajstić information content (AvgIpc) is 2.65. The van der Waals surface area contributed by atoms with Gasteiger partial charge in [-0.3, -0.25) is 9.59 Å². The quantitative estimate of drug-likeness (QED) is 0.402. The first-order valence-electron chi connectivity index (χ1n) is 8.25. The maximum Gasteiger partial charge on any atom is 0.204 e. The van der Waals surface area contributed by atoms with Gasteiger partial charge in [-0.15, -0.1) is 23.5 Å². The molecular formula is C20H21F3O3S2. The molecule has 0 saturated heterocycles. The fraction of sp³-hybridized carbons (Fsp3) is 0.300. The number of hydrogen-bond acceptors (Lipinski definition) is 5. The van der Waals surface area contributed by atoms with Gasteiger partial charge in [-0.2, -0.15) is 0 Å². The van der Waals surface area contributed by atoms with E-state index >= 15 is 0 Å². The van der Waals surface area contributed by atoms with Crippen LogP contribution in [0.4, 0.5) is 13.2 Å². The molecule has 0 aliphatic heterocycles. The summed E-state index contributed by atoms with van der Waals surface area (Å²) >= 11 is 2.48. The first kappa shape index (κ1) is 24.3. The van der Waals surface area contributed by atoms with Crippen LogP contribution in [-0.4, -0.2) is 22.4 Å². The number of aliphatic hydroxyl groups is 1. The lowest BCUT2D eigenvalue weighted by Gasteiger charge is -2.18. The highest BCUT2D eigenvalue weighted by molar-refractivity contribution is 8.08. The molecule has 0 saturated carbocycles. The Morgan fingerprint density at radius 3 is 2.32 bits per heavy atom. The zero-order valence-electron chi connectivity index (χ0n) is 15.7. The highest BCUT2D eigenvalue weighted by Gasteiger charge is 2.22. The molecule has 1 rings (SSSR count). The molecule has 0 aliphatic rings. The number of carbonyl (C=O) groups is 2. The highest BCUT2D eigenvalue weighted by atomic mass is 32.2. The van der Waals surface area contributed by atoms with E-state index in [4.69, 9.17) is 0 Å². The zero-order valence-corrected chi connectivity index (χ0v) is 17.3. The summed E-state index contributed by atoms with van der Waals surface area (Å²) in [5.41, 5.74) is -0.204. The second-order valence-corrected chi connectivity index (χ2v) is 8.03. The molecule has 0 aromatic heterocycles. The molecular weight excluding hydrogens is 409 g/mol. The van der Waals surface area contributed by atoms with E-state index in [1.54, 1.807) is 0 Å². The van der Waals surface area contributed by atoms with Crippen molar-refractivity contribution in [2.75, 3.05) is 5.75 Å². The SMILES string of the molecule is C=C(CS/C(=C\C(C)C(=O)C(C)=O)C(O)c1cc(F)c(F)c(F)c1)S/C=C\C. The third kappa shape index (κ3) is 7.00. The van der Waals surface area contributed by atoms with Gasteiger partial charge in [0.25, 0.3) is 0 Å². The van der Waals surface area contributed by atoms with Gasteiger partial charge in [0.15, 0.2) is 23.2 Å². The lowest BCUT2D eigenvalue weighted by atomic mass is 10.0. The van der Waals surface area contributed by atoms with Gasteiger partial charge >= 0.3 is 0 Å². The number of thioether (sulfide) groups is 2. The molecule has 8 heteroatoms. The summed E-state index contributed by atoms with van der Waals surface area (Å²) in [5.74, 6) is -6.31. The minimum Gasteiger partial charge on any atom is -0.383 e. The lowest BCUT2D eigenvalue weighted by molar-refractivity contribution is -0.136. The lowest BCUT2D eigenvalue weighted by Crippen LogP contribution is -2.18. The zero-order chi connectivity index (χ0) is 21.4. The van der Waals surface area contributed by atoms with E-state index in [2.05, 4.69) is 6.58 Å². The van der Waals surface area contributed by atoms with E-state index in [9.17, 15) is 27.9 Å². The molecule has 0 aliphatic carbocycles. The van der Waals surface area contributed by atoms with E-state index in [0.717, 1.165) is 23.6 Å². The smallest absolute Gasteiger partial charge is 0.204 e. The van der Waals surface area contributed by atoms with Crippen LogP contribution in [-0.2, 0) is 9.59 Å². The van der Waals surface area contributed by atoms with Crippen LogP contribution in [0.1, 0.15) is 32.4 Å². The number of ketones is 2. The van der Waals surface area contributed by atoms with Gasteiger partial charge in [0.2, 0.25) is 5.78 Å². The predicted molar refractivity (Wildman–Crippen MR) is 108 cm³/mol. The van der Waals surface area contributed by atoms with Crippen LogP contribution < -0.4 is 0 Å². The molecule has 2 atom stereocenters.